The molecule has 1 aromatic rings. The van der Waals surface area contributed by atoms with Gasteiger partial charge >= 0.3 is 6.03 Å². The van der Waals surface area contributed by atoms with Gasteiger partial charge in [0, 0.05) is 33.3 Å². The highest BCUT2D eigenvalue weighted by Gasteiger charge is 2.47. The van der Waals surface area contributed by atoms with Crippen LogP contribution in [0.15, 0.2) is 10.9 Å². The summed E-state index contributed by atoms with van der Waals surface area (Å²) in [4.78, 5) is 43.4. The Morgan fingerprint density at radius 3 is 2.68 bits per heavy atom. The zero-order valence-corrected chi connectivity index (χ0v) is 14.4. The molecule has 1 saturated carbocycles. The van der Waals surface area contributed by atoms with Crippen LogP contribution in [-0.4, -0.2) is 57.6 Å². The van der Waals surface area contributed by atoms with Gasteiger partial charge in [0.05, 0.1) is 18.8 Å². The Labute approximate surface area is 144 Å². The number of halogens is 1. The van der Waals surface area contributed by atoms with E-state index in [4.69, 9.17) is 0 Å². The topological polar surface area (TPSA) is 87.5 Å². The van der Waals surface area contributed by atoms with Crippen LogP contribution in [0.2, 0.25) is 0 Å². The first-order chi connectivity index (χ1) is 11.8. The van der Waals surface area contributed by atoms with Crippen LogP contribution in [-0.2, 0) is 24.4 Å². The fourth-order valence-electron chi connectivity index (χ4n) is 3.01. The molecule has 8 nitrogen and oxygen atoms in total. The lowest BCUT2D eigenvalue weighted by Gasteiger charge is -2.38. The van der Waals surface area contributed by atoms with Crippen LogP contribution in [0.25, 0.3) is 0 Å². The summed E-state index contributed by atoms with van der Waals surface area (Å²) in [6, 6.07) is 1.08. The lowest BCUT2D eigenvalue weighted by molar-refractivity contribution is -0.151. The summed E-state index contributed by atoms with van der Waals surface area (Å²) in [5.74, 6) is -0.0883. The van der Waals surface area contributed by atoms with E-state index in [0.717, 1.165) is 6.42 Å². The van der Waals surface area contributed by atoms with Crippen molar-refractivity contribution >= 4 is 11.9 Å². The Kier molecular flexibility index (Phi) is 4.49. The minimum absolute atomic E-state index is 0.106. The van der Waals surface area contributed by atoms with Gasteiger partial charge in [0.15, 0.2) is 5.67 Å². The molecule has 1 fully saturated rings. The summed E-state index contributed by atoms with van der Waals surface area (Å²) >= 11 is 0. The van der Waals surface area contributed by atoms with E-state index in [1.54, 1.807) is 14.1 Å². The number of carbonyl (C=O) groups excluding carboxylic acids is 2. The van der Waals surface area contributed by atoms with E-state index in [2.05, 4.69) is 10.3 Å². The van der Waals surface area contributed by atoms with E-state index in [0.29, 0.717) is 24.6 Å². The van der Waals surface area contributed by atoms with Crippen molar-refractivity contribution in [2.75, 3.05) is 20.6 Å². The quantitative estimate of drug-likeness (QED) is 0.846. The average Bonchev–Trinajstić information content (AvgIpc) is 2.56. The van der Waals surface area contributed by atoms with E-state index in [9.17, 15) is 18.8 Å². The number of hydrogen-bond acceptors (Lipinski definition) is 4. The summed E-state index contributed by atoms with van der Waals surface area (Å²) in [6.45, 7) is 0.819. The summed E-state index contributed by atoms with van der Waals surface area (Å²) < 4.78 is 15.9. The SMILES string of the molecule is CN(C)C(=O)NCc1cc(=O)n2c(n1)CN(C(=O)C1(F)CCC1)CC2. The lowest BCUT2D eigenvalue weighted by atomic mass is 9.81. The maximum absolute atomic E-state index is 14.4. The first-order valence-corrected chi connectivity index (χ1v) is 8.33. The minimum atomic E-state index is -1.75. The Morgan fingerprint density at radius 1 is 1.36 bits per heavy atom. The molecule has 9 heteroatoms. The molecule has 2 heterocycles. The van der Waals surface area contributed by atoms with E-state index >= 15 is 0 Å². The van der Waals surface area contributed by atoms with Crippen molar-refractivity contribution in [2.45, 2.75) is 44.6 Å². The number of aromatic nitrogens is 2. The average molecular weight is 351 g/mol. The summed E-state index contributed by atoms with van der Waals surface area (Å²) in [6.07, 6.45) is 1.25. The van der Waals surface area contributed by atoms with Crippen LogP contribution in [0.1, 0.15) is 30.8 Å². The van der Waals surface area contributed by atoms with E-state index in [-0.39, 0.29) is 37.5 Å². The smallest absolute Gasteiger partial charge is 0.317 e. The number of nitrogens with zero attached hydrogens (tertiary/aromatic N) is 4. The third-order valence-corrected chi connectivity index (χ3v) is 4.71. The van der Waals surface area contributed by atoms with Crippen LogP contribution in [0.3, 0.4) is 0 Å². The molecule has 3 amide bonds. The van der Waals surface area contributed by atoms with Gasteiger partial charge in [0.1, 0.15) is 5.82 Å². The molecule has 1 aromatic heterocycles. The molecule has 0 saturated heterocycles. The second kappa shape index (κ2) is 6.45. The van der Waals surface area contributed by atoms with Crippen LogP contribution < -0.4 is 10.9 Å². The van der Waals surface area contributed by atoms with Gasteiger partial charge < -0.3 is 15.1 Å². The lowest BCUT2D eigenvalue weighted by Crippen LogP contribution is -2.53. The van der Waals surface area contributed by atoms with Crippen LogP contribution >= 0.6 is 0 Å². The van der Waals surface area contributed by atoms with Crippen molar-refractivity contribution in [3.05, 3.63) is 27.9 Å². The second-order valence-electron chi connectivity index (χ2n) is 6.75. The fourth-order valence-corrected chi connectivity index (χ4v) is 3.01. The molecule has 0 unspecified atom stereocenters. The standard InChI is InChI=1S/C16H22FN5O3/c1-20(2)15(25)18-9-11-8-13(23)22-7-6-21(10-12(22)19-11)14(24)16(17)4-3-5-16/h8H,3-7,9-10H2,1-2H3,(H,18,25). The first kappa shape index (κ1) is 17.4. The van der Waals surface area contributed by atoms with Gasteiger partial charge in [-0.25, -0.2) is 14.2 Å². The van der Waals surface area contributed by atoms with Gasteiger partial charge in [-0.2, -0.15) is 0 Å². The molecule has 25 heavy (non-hydrogen) atoms. The van der Waals surface area contributed by atoms with Crippen molar-refractivity contribution in [2.24, 2.45) is 0 Å². The molecule has 0 atom stereocenters. The fraction of sp³-hybridized carbons (Fsp3) is 0.625. The third kappa shape index (κ3) is 3.35. The monoisotopic (exact) mass is 351 g/mol. The highest BCUT2D eigenvalue weighted by Crippen LogP contribution is 2.37. The van der Waals surface area contributed by atoms with E-state index < -0.39 is 11.6 Å². The van der Waals surface area contributed by atoms with Crippen molar-refractivity contribution in [3.8, 4) is 0 Å². The van der Waals surface area contributed by atoms with Gasteiger partial charge in [-0.15, -0.1) is 0 Å². The Hall–Kier alpha value is -2.45. The molecular formula is C16H22FN5O3. The molecule has 2 aliphatic rings. The molecule has 3 rings (SSSR count). The number of rotatable bonds is 3. The number of fused-ring (bicyclic) bond motifs is 1. The van der Waals surface area contributed by atoms with Gasteiger partial charge in [0.25, 0.3) is 11.5 Å². The zero-order valence-electron chi connectivity index (χ0n) is 14.4. The maximum Gasteiger partial charge on any atom is 0.317 e. The number of carbonyl (C=O) groups is 2. The molecular weight excluding hydrogens is 329 g/mol. The number of nitrogens with one attached hydrogen (secondary N) is 1. The number of urea groups is 1. The van der Waals surface area contributed by atoms with Crippen molar-refractivity contribution in [1.82, 2.24) is 24.7 Å². The predicted molar refractivity (Wildman–Crippen MR) is 87.5 cm³/mol. The van der Waals surface area contributed by atoms with Crippen molar-refractivity contribution in [3.63, 3.8) is 0 Å². The number of alkyl halides is 1. The van der Waals surface area contributed by atoms with E-state index in [1.165, 1.54) is 20.4 Å². The minimum Gasteiger partial charge on any atom is -0.332 e. The molecule has 1 aliphatic heterocycles. The van der Waals surface area contributed by atoms with Crippen LogP contribution in [0.5, 0.6) is 0 Å². The third-order valence-electron chi connectivity index (χ3n) is 4.71. The molecule has 0 radical (unpaired) electrons. The van der Waals surface area contributed by atoms with Gasteiger partial charge in [-0.1, -0.05) is 0 Å². The summed E-state index contributed by atoms with van der Waals surface area (Å²) in [5, 5.41) is 2.64. The maximum atomic E-state index is 14.4. The van der Waals surface area contributed by atoms with Gasteiger partial charge in [-0.05, 0) is 19.3 Å². The largest absolute Gasteiger partial charge is 0.332 e. The predicted octanol–water partition coefficient (Wildman–Crippen LogP) is 0.249. The van der Waals surface area contributed by atoms with Crippen LogP contribution in [0.4, 0.5) is 9.18 Å². The molecule has 1 N–H and O–H groups in total. The van der Waals surface area contributed by atoms with Crippen molar-refractivity contribution < 1.29 is 14.0 Å². The molecule has 0 spiro atoms. The van der Waals surface area contributed by atoms with Gasteiger partial charge in [-0.3, -0.25) is 14.2 Å². The Balaban J connectivity index is 1.75. The zero-order chi connectivity index (χ0) is 18.2. The first-order valence-electron chi connectivity index (χ1n) is 8.33. The highest BCUT2D eigenvalue weighted by molar-refractivity contribution is 5.86. The molecule has 136 valence electrons. The van der Waals surface area contributed by atoms with Crippen LogP contribution in [0, 0.1) is 0 Å². The molecule has 0 bridgehead atoms. The Bertz CT molecular complexity index is 757. The molecule has 1 aliphatic carbocycles. The highest BCUT2D eigenvalue weighted by atomic mass is 19.1. The summed E-state index contributed by atoms with van der Waals surface area (Å²) in [7, 11) is 3.22. The number of hydrogen-bond donors (Lipinski definition) is 1. The Morgan fingerprint density at radius 2 is 2.08 bits per heavy atom. The summed E-state index contributed by atoms with van der Waals surface area (Å²) in [5.41, 5.74) is -1.57. The number of amides is 3. The van der Waals surface area contributed by atoms with Crippen molar-refractivity contribution in [1.29, 1.82) is 0 Å². The van der Waals surface area contributed by atoms with Gasteiger partial charge in [0.2, 0.25) is 0 Å². The molecule has 0 aromatic carbocycles. The normalized spacial score (nSPS) is 18.1. The second-order valence-corrected chi connectivity index (χ2v) is 6.75. The van der Waals surface area contributed by atoms with E-state index in [1.807, 2.05) is 0 Å².